The molecule has 0 bridgehead atoms. The number of esters is 1. The summed E-state index contributed by atoms with van der Waals surface area (Å²) < 4.78 is 10.6. The van der Waals surface area contributed by atoms with Gasteiger partial charge in [0.1, 0.15) is 5.75 Å². The van der Waals surface area contributed by atoms with Crippen molar-refractivity contribution in [2.75, 3.05) is 26.8 Å². The lowest BCUT2D eigenvalue weighted by atomic mass is 9.97. The molecule has 0 saturated carbocycles. The predicted molar refractivity (Wildman–Crippen MR) is 95.8 cm³/mol. The monoisotopic (exact) mass is 341 g/mol. The molecule has 0 aliphatic carbocycles. The first-order chi connectivity index (χ1) is 12.1. The minimum absolute atomic E-state index is 0.100. The van der Waals surface area contributed by atoms with Crippen LogP contribution in [0.5, 0.6) is 5.75 Å². The number of nitrogens with zero attached hydrogens (tertiary/aromatic N) is 1. The first-order valence-electron chi connectivity index (χ1n) is 8.66. The fourth-order valence-corrected chi connectivity index (χ4v) is 3.34. The van der Waals surface area contributed by atoms with Crippen molar-refractivity contribution in [2.24, 2.45) is 5.92 Å². The van der Waals surface area contributed by atoms with Crippen LogP contribution in [-0.4, -0.2) is 43.6 Å². The smallest absolute Gasteiger partial charge is 0.310 e. The number of hydrogen-bond donors (Lipinski definition) is 0. The van der Waals surface area contributed by atoms with E-state index in [-0.39, 0.29) is 17.8 Å². The molecule has 0 N–H and O–H groups in total. The van der Waals surface area contributed by atoms with Gasteiger partial charge < -0.3 is 14.4 Å². The molecule has 1 heterocycles. The van der Waals surface area contributed by atoms with Crippen LogP contribution in [-0.2, 0) is 9.53 Å². The molecule has 0 spiro atoms. The van der Waals surface area contributed by atoms with Gasteiger partial charge in [0.2, 0.25) is 0 Å². The van der Waals surface area contributed by atoms with Crippen molar-refractivity contribution in [3.8, 4) is 5.75 Å². The number of carbonyl (C=O) groups excluding carboxylic acids is 2. The van der Waals surface area contributed by atoms with Crippen molar-refractivity contribution >= 4 is 22.6 Å². The minimum Gasteiger partial charge on any atom is -0.496 e. The summed E-state index contributed by atoms with van der Waals surface area (Å²) in [6, 6.07) is 11.6. The van der Waals surface area contributed by atoms with E-state index in [1.54, 1.807) is 18.9 Å². The summed E-state index contributed by atoms with van der Waals surface area (Å²) in [6.07, 6.45) is 1.56. The summed E-state index contributed by atoms with van der Waals surface area (Å²) in [5, 5.41) is 2.02. The Bertz CT molecular complexity index is 786. The number of benzene rings is 2. The standard InChI is InChI=1S/C20H23NO4/c1-3-25-20(23)16-9-6-10-21(13-16)19(22)17-11-14-7-4-5-8-15(14)12-18(17)24-2/h4-5,7-8,11-12,16H,3,6,9-10,13H2,1-2H3/t16-/m0/s1. The third-order valence-electron chi connectivity index (χ3n) is 4.63. The van der Waals surface area contributed by atoms with Gasteiger partial charge in [-0.25, -0.2) is 0 Å². The summed E-state index contributed by atoms with van der Waals surface area (Å²) in [6.45, 7) is 3.20. The highest BCUT2D eigenvalue weighted by atomic mass is 16.5. The molecule has 0 radical (unpaired) electrons. The number of piperidine rings is 1. The molecule has 1 aliphatic heterocycles. The van der Waals surface area contributed by atoms with E-state index in [0.29, 0.717) is 31.0 Å². The second kappa shape index (κ2) is 7.55. The van der Waals surface area contributed by atoms with Crippen molar-refractivity contribution < 1.29 is 19.1 Å². The van der Waals surface area contributed by atoms with Crippen LogP contribution < -0.4 is 4.74 Å². The van der Waals surface area contributed by atoms with Crippen LogP contribution in [0, 0.1) is 5.92 Å². The van der Waals surface area contributed by atoms with Gasteiger partial charge in [-0.2, -0.15) is 0 Å². The van der Waals surface area contributed by atoms with Crippen molar-refractivity contribution in [2.45, 2.75) is 19.8 Å². The number of carbonyl (C=O) groups is 2. The molecule has 1 saturated heterocycles. The molecule has 2 aromatic carbocycles. The first-order valence-corrected chi connectivity index (χ1v) is 8.66. The lowest BCUT2D eigenvalue weighted by Gasteiger charge is -2.32. The third-order valence-corrected chi connectivity index (χ3v) is 4.63. The van der Waals surface area contributed by atoms with Crippen LogP contribution in [0.4, 0.5) is 0 Å². The Morgan fingerprint density at radius 1 is 1.20 bits per heavy atom. The molecular weight excluding hydrogens is 318 g/mol. The Morgan fingerprint density at radius 3 is 2.60 bits per heavy atom. The summed E-state index contributed by atoms with van der Waals surface area (Å²) in [4.78, 5) is 26.8. The lowest BCUT2D eigenvalue weighted by molar-refractivity contribution is -0.149. The second-order valence-corrected chi connectivity index (χ2v) is 6.24. The van der Waals surface area contributed by atoms with Gasteiger partial charge >= 0.3 is 5.97 Å². The van der Waals surface area contributed by atoms with Crippen molar-refractivity contribution in [3.05, 3.63) is 42.0 Å². The van der Waals surface area contributed by atoms with Crippen LogP contribution in [0.25, 0.3) is 10.8 Å². The van der Waals surface area contributed by atoms with Crippen LogP contribution in [0.2, 0.25) is 0 Å². The van der Waals surface area contributed by atoms with Gasteiger partial charge in [0.05, 0.1) is 25.2 Å². The van der Waals surface area contributed by atoms with Crippen molar-refractivity contribution in [3.63, 3.8) is 0 Å². The molecule has 0 unspecified atom stereocenters. The van der Waals surface area contributed by atoms with E-state index >= 15 is 0 Å². The number of methoxy groups -OCH3 is 1. The Labute approximate surface area is 147 Å². The number of hydrogen-bond acceptors (Lipinski definition) is 4. The quantitative estimate of drug-likeness (QED) is 0.801. The summed E-state index contributed by atoms with van der Waals surface area (Å²) in [5.41, 5.74) is 0.533. The van der Waals surface area contributed by atoms with Gasteiger partial charge in [-0.1, -0.05) is 24.3 Å². The van der Waals surface area contributed by atoms with Gasteiger partial charge in [-0.05, 0) is 42.7 Å². The highest BCUT2D eigenvalue weighted by Gasteiger charge is 2.30. The van der Waals surface area contributed by atoms with Gasteiger partial charge in [0, 0.05) is 13.1 Å². The maximum absolute atomic E-state index is 13.0. The molecule has 0 aromatic heterocycles. The maximum atomic E-state index is 13.0. The molecule has 5 heteroatoms. The van der Waals surface area contributed by atoms with E-state index in [4.69, 9.17) is 9.47 Å². The Morgan fingerprint density at radius 2 is 1.92 bits per heavy atom. The van der Waals surface area contributed by atoms with E-state index < -0.39 is 0 Å². The van der Waals surface area contributed by atoms with Crippen molar-refractivity contribution in [1.82, 2.24) is 4.90 Å². The number of fused-ring (bicyclic) bond motifs is 1. The average molecular weight is 341 g/mol. The van der Waals surface area contributed by atoms with E-state index in [9.17, 15) is 9.59 Å². The highest BCUT2D eigenvalue weighted by Crippen LogP contribution is 2.28. The molecular formula is C20H23NO4. The molecule has 25 heavy (non-hydrogen) atoms. The number of amides is 1. The third kappa shape index (κ3) is 3.60. The van der Waals surface area contributed by atoms with Crippen molar-refractivity contribution in [1.29, 1.82) is 0 Å². The van der Waals surface area contributed by atoms with E-state index in [1.165, 1.54) is 0 Å². The minimum atomic E-state index is -0.246. The van der Waals surface area contributed by atoms with Crippen LogP contribution in [0.15, 0.2) is 36.4 Å². The Kier molecular flexibility index (Phi) is 5.22. The molecule has 1 amide bonds. The Hall–Kier alpha value is -2.56. The second-order valence-electron chi connectivity index (χ2n) is 6.24. The zero-order chi connectivity index (χ0) is 17.8. The molecule has 3 rings (SSSR count). The topological polar surface area (TPSA) is 55.8 Å². The summed E-state index contributed by atoms with van der Waals surface area (Å²) >= 11 is 0. The molecule has 1 aliphatic rings. The van der Waals surface area contributed by atoms with Crippen LogP contribution >= 0.6 is 0 Å². The molecule has 1 atom stereocenters. The van der Waals surface area contributed by atoms with E-state index in [0.717, 1.165) is 23.6 Å². The maximum Gasteiger partial charge on any atom is 0.310 e. The van der Waals surface area contributed by atoms with Gasteiger partial charge in [0.25, 0.3) is 5.91 Å². The van der Waals surface area contributed by atoms with Crippen LogP contribution in [0.1, 0.15) is 30.1 Å². The largest absolute Gasteiger partial charge is 0.496 e. The number of likely N-dealkylation sites (tertiary alicyclic amines) is 1. The zero-order valence-corrected chi connectivity index (χ0v) is 14.7. The van der Waals surface area contributed by atoms with Gasteiger partial charge in [0.15, 0.2) is 0 Å². The zero-order valence-electron chi connectivity index (χ0n) is 14.7. The predicted octanol–water partition coefficient (Wildman–Crippen LogP) is 3.26. The lowest BCUT2D eigenvalue weighted by Crippen LogP contribution is -2.42. The molecule has 2 aromatic rings. The van der Waals surface area contributed by atoms with Crippen LogP contribution in [0.3, 0.4) is 0 Å². The SMILES string of the molecule is CCOC(=O)[C@H]1CCCN(C(=O)c2cc3ccccc3cc2OC)C1. The normalized spacial score (nSPS) is 17.4. The molecule has 5 nitrogen and oxygen atoms in total. The van der Waals surface area contributed by atoms with E-state index in [1.807, 2.05) is 36.4 Å². The number of ether oxygens (including phenoxy) is 2. The Balaban J connectivity index is 1.87. The summed E-state index contributed by atoms with van der Waals surface area (Å²) in [7, 11) is 1.57. The highest BCUT2D eigenvalue weighted by molar-refractivity contribution is 6.01. The number of rotatable bonds is 4. The molecule has 132 valence electrons. The fourth-order valence-electron chi connectivity index (χ4n) is 3.34. The molecule has 1 fully saturated rings. The first kappa shape index (κ1) is 17.3. The van der Waals surface area contributed by atoms with E-state index in [2.05, 4.69) is 0 Å². The van der Waals surface area contributed by atoms with Gasteiger partial charge in [-0.3, -0.25) is 9.59 Å². The van der Waals surface area contributed by atoms with Gasteiger partial charge in [-0.15, -0.1) is 0 Å². The fraction of sp³-hybridized carbons (Fsp3) is 0.400. The average Bonchev–Trinajstić information content (AvgIpc) is 2.66. The summed E-state index contributed by atoms with van der Waals surface area (Å²) in [5.74, 6) is -0.00635.